The van der Waals surface area contributed by atoms with Crippen LogP contribution >= 0.6 is 0 Å². The number of rotatable bonds is 5. The molecule has 0 saturated carbocycles. The number of amides is 4. The Balaban J connectivity index is 1.54. The summed E-state index contributed by atoms with van der Waals surface area (Å²) in [6.07, 6.45) is 0.463. The molecule has 0 spiro atoms. The van der Waals surface area contributed by atoms with Crippen LogP contribution < -0.4 is 10.9 Å². The van der Waals surface area contributed by atoms with Gasteiger partial charge in [-0.2, -0.15) is 13.5 Å². The molecule has 2 saturated heterocycles. The average molecular weight is 414 g/mol. The van der Waals surface area contributed by atoms with E-state index in [0.29, 0.717) is 10.6 Å². The van der Waals surface area contributed by atoms with E-state index in [1.807, 2.05) is 0 Å². The largest absolute Gasteiger partial charge is 0.508 e. The maximum Gasteiger partial charge on any atom is 0.418 e. The van der Waals surface area contributed by atoms with Crippen molar-refractivity contribution in [2.45, 2.75) is 31.3 Å². The highest BCUT2D eigenvalue weighted by molar-refractivity contribution is 7.80. The molecule has 0 radical (unpaired) electrons. The lowest BCUT2D eigenvalue weighted by molar-refractivity contribution is -0.131. The van der Waals surface area contributed by atoms with Gasteiger partial charge in [0.15, 0.2) is 0 Å². The zero-order chi connectivity index (χ0) is 20.5. The first-order chi connectivity index (χ1) is 13.1. The van der Waals surface area contributed by atoms with Crippen molar-refractivity contribution < 1.29 is 36.7 Å². The third kappa shape index (κ3) is 4.49. The molecule has 1 aromatic rings. The van der Waals surface area contributed by atoms with Gasteiger partial charge in [-0.25, -0.2) is 4.79 Å². The molecule has 0 aliphatic carbocycles. The lowest BCUT2D eigenvalue weighted by Gasteiger charge is -2.29. The van der Waals surface area contributed by atoms with E-state index in [4.69, 9.17) is 4.55 Å². The van der Waals surface area contributed by atoms with Crippen LogP contribution in [-0.2, 0) is 30.7 Å². The molecule has 1 unspecified atom stereocenters. The van der Waals surface area contributed by atoms with Crippen molar-refractivity contribution in [1.29, 1.82) is 0 Å². The number of nitrogens with one attached hydrogen (secondary N) is 2. The topological polar surface area (TPSA) is 166 Å². The molecule has 0 aromatic heterocycles. The van der Waals surface area contributed by atoms with E-state index in [0.717, 1.165) is 4.90 Å². The molecular formula is C15H18N4O8S. The highest BCUT2D eigenvalue weighted by atomic mass is 32.3. The molecule has 13 heteroatoms. The van der Waals surface area contributed by atoms with Crippen LogP contribution in [0, 0.1) is 0 Å². The van der Waals surface area contributed by atoms with Gasteiger partial charge in [0.1, 0.15) is 11.8 Å². The molecule has 28 heavy (non-hydrogen) atoms. The summed E-state index contributed by atoms with van der Waals surface area (Å²) in [7, 11) is -4.87. The third-order valence-electron chi connectivity index (χ3n) is 4.43. The minimum absolute atomic E-state index is 0.0358. The maximum absolute atomic E-state index is 12.3. The van der Waals surface area contributed by atoms with Crippen molar-refractivity contribution in [3.8, 4) is 5.75 Å². The van der Waals surface area contributed by atoms with Gasteiger partial charge in [0.25, 0.3) is 5.91 Å². The van der Waals surface area contributed by atoms with Crippen LogP contribution in [0.3, 0.4) is 0 Å². The van der Waals surface area contributed by atoms with Gasteiger partial charge in [-0.15, -0.1) is 4.28 Å². The molecule has 2 heterocycles. The van der Waals surface area contributed by atoms with Crippen molar-refractivity contribution in [2.24, 2.45) is 0 Å². The normalized spacial score (nSPS) is 21.5. The van der Waals surface area contributed by atoms with E-state index in [1.165, 1.54) is 12.1 Å². The molecule has 152 valence electrons. The fourth-order valence-corrected chi connectivity index (χ4v) is 3.55. The number of fused-ring (bicyclic) bond motifs is 2. The number of urea groups is 1. The molecule has 2 bridgehead atoms. The number of phenolic OH excluding ortho intramolecular Hbond substituents is 1. The highest BCUT2D eigenvalue weighted by Gasteiger charge is 2.49. The van der Waals surface area contributed by atoms with Crippen molar-refractivity contribution in [3.05, 3.63) is 29.8 Å². The Bertz CT molecular complexity index is 888. The number of phenols is 1. The molecule has 4 amide bonds. The predicted molar refractivity (Wildman–Crippen MR) is 91.5 cm³/mol. The summed E-state index contributed by atoms with van der Waals surface area (Å²) in [5.74, 6) is -1.08. The summed E-state index contributed by atoms with van der Waals surface area (Å²) in [5.41, 5.74) is 5.11. The van der Waals surface area contributed by atoms with Gasteiger partial charge in [-0.3, -0.25) is 25.0 Å². The maximum atomic E-state index is 12.3. The Hall–Kier alpha value is -2.90. The minimum atomic E-state index is -4.87. The van der Waals surface area contributed by atoms with Crippen molar-refractivity contribution >= 4 is 28.2 Å². The Morgan fingerprint density at radius 2 is 1.86 bits per heavy atom. The summed E-state index contributed by atoms with van der Waals surface area (Å²) in [5, 5.41) is 9.75. The molecule has 4 N–H and O–H groups in total. The van der Waals surface area contributed by atoms with Gasteiger partial charge < -0.3 is 10.0 Å². The second-order valence-electron chi connectivity index (χ2n) is 6.39. The second kappa shape index (κ2) is 7.61. The van der Waals surface area contributed by atoms with E-state index in [-0.39, 0.29) is 31.6 Å². The van der Waals surface area contributed by atoms with E-state index in [9.17, 15) is 27.9 Å². The first-order valence-corrected chi connectivity index (χ1v) is 9.64. The molecule has 3 rings (SSSR count). The highest BCUT2D eigenvalue weighted by Crippen LogP contribution is 2.30. The fraction of sp³-hybridized carbons (Fsp3) is 0.400. The number of benzene rings is 1. The lowest BCUT2D eigenvalue weighted by Crippen LogP contribution is -2.54. The van der Waals surface area contributed by atoms with E-state index < -0.39 is 40.3 Å². The van der Waals surface area contributed by atoms with Crippen LogP contribution in [0.4, 0.5) is 4.79 Å². The molecular weight excluding hydrogens is 396 g/mol. The first kappa shape index (κ1) is 19.9. The smallest absolute Gasteiger partial charge is 0.418 e. The minimum Gasteiger partial charge on any atom is -0.508 e. The van der Waals surface area contributed by atoms with Gasteiger partial charge in [0, 0.05) is 6.54 Å². The molecule has 2 fully saturated rings. The number of nitrogens with zero attached hydrogens (tertiary/aromatic N) is 2. The molecule has 12 nitrogen and oxygen atoms in total. The van der Waals surface area contributed by atoms with Crippen LogP contribution in [0.2, 0.25) is 0 Å². The zero-order valence-electron chi connectivity index (χ0n) is 14.4. The van der Waals surface area contributed by atoms with E-state index >= 15 is 0 Å². The quantitative estimate of drug-likeness (QED) is 0.355. The zero-order valence-corrected chi connectivity index (χ0v) is 15.3. The summed E-state index contributed by atoms with van der Waals surface area (Å²) < 4.78 is 34.8. The number of piperidine rings is 1. The predicted octanol–water partition coefficient (Wildman–Crippen LogP) is -0.915. The second-order valence-corrected chi connectivity index (χ2v) is 7.40. The molecule has 2 aliphatic heterocycles. The number of carbonyl (C=O) groups excluding carboxylic acids is 3. The van der Waals surface area contributed by atoms with E-state index in [2.05, 4.69) is 15.1 Å². The van der Waals surface area contributed by atoms with Crippen molar-refractivity contribution in [1.82, 2.24) is 20.8 Å². The van der Waals surface area contributed by atoms with Gasteiger partial charge in [-0.05, 0) is 30.5 Å². The van der Waals surface area contributed by atoms with Crippen molar-refractivity contribution in [3.63, 3.8) is 0 Å². The Morgan fingerprint density at radius 3 is 2.50 bits per heavy atom. The number of aromatic hydroxyl groups is 1. The first-order valence-electron chi connectivity index (χ1n) is 8.27. The Kier molecular flexibility index (Phi) is 5.40. The van der Waals surface area contributed by atoms with E-state index in [1.54, 1.807) is 12.1 Å². The summed E-state index contributed by atoms with van der Waals surface area (Å²) in [4.78, 5) is 37.6. The number of hydroxylamine groups is 2. The SMILES string of the molecule is O=C(Cc1ccc(O)cc1)NNC(=O)[C@@H]1CCC2CN1C(=O)N2OS(=O)(=O)O. The van der Waals surface area contributed by atoms with Gasteiger partial charge in [-0.1, -0.05) is 12.1 Å². The Labute approximate surface area is 159 Å². The van der Waals surface area contributed by atoms with Crippen LogP contribution in [0.1, 0.15) is 18.4 Å². The molecule has 2 aliphatic rings. The monoisotopic (exact) mass is 414 g/mol. The molecule has 1 aromatic carbocycles. The van der Waals surface area contributed by atoms with Gasteiger partial charge >= 0.3 is 16.4 Å². The number of hydrogen-bond acceptors (Lipinski definition) is 7. The van der Waals surface area contributed by atoms with Crippen LogP contribution in [-0.4, -0.2) is 64.5 Å². The average Bonchev–Trinajstić information content (AvgIpc) is 2.85. The lowest BCUT2D eigenvalue weighted by atomic mass is 10.0. The van der Waals surface area contributed by atoms with Gasteiger partial charge in [0.05, 0.1) is 12.5 Å². The standard InChI is InChI=1S/C15H18N4O8S/c20-11-4-1-9(2-5-11)7-13(21)16-17-14(22)12-6-3-10-8-18(12)15(23)19(10)27-28(24,25)26/h1-2,4-5,10,12,20H,3,6-8H2,(H,16,21)(H,17,22)(H,24,25,26)/t10?,12-/m0/s1. The summed E-state index contributed by atoms with van der Waals surface area (Å²) >= 11 is 0. The van der Waals surface area contributed by atoms with Crippen LogP contribution in [0.25, 0.3) is 0 Å². The summed E-state index contributed by atoms with van der Waals surface area (Å²) in [6, 6.07) is 3.58. The molecule has 2 atom stereocenters. The Morgan fingerprint density at radius 1 is 1.18 bits per heavy atom. The van der Waals surface area contributed by atoms with Crippen LogP contribution in [0.5, 0.6) is 5.75 Å². The third-order valence-corrected chi connectivity index (χ3v) is 4.78. The summed E-state index contributed by atoms with van der Waals surface area (Å²) in [6.45, 7) is 0.0495. The van der Waals surface area contributed by atoms with Gasteiger partial charge in [0.2, 0.25) is 5.91 Å². The number of hydrogen-bond donors (Lipinski definition) is 4. The van der Waals surface area contributed by atoms with Crippen molar-refractivity contribution in [2.75, 3.05) is 6.54 Å². The number of hydrazine groups is 1. The number of carbonyl (C=O) groups is 3. The van der Waals surface area contributed by atoms with Crippen LogP contribution in [0.15, 0.2) is 24.3 Å². The fourth-order valence-electron chi connectivity index (χ4n) is 3.16.